The Morgan fingerprint density at radius 3 is 2.52 bits per heavy atom. The molecule has 1 amide bonds. The zero-order valence-corrected chi connectivity index (χ0v) is 15.2. The lowest BCUT2D eigenvalue weighted by Gasteiger charge is -2.26. The van der Waals surface area contributed by atoms with Gasteiger partial charge in [0.1, 0.15) is 11.6 Å². The maximum absolute atomic E-state index is 13.1. The molecular weight excluding hydrogens is 375 g/mol. The Balaban J connectivity index is 1.56. The molecule has 0 atom stereocenters. The van der Waals surface area contributed by atoms with Crippen molar-refractivity contribution >= 4 is 21.6 Å². The van der Waals surface area contributed by atoms with Gasteiger partial charge in [-0.3, -0.25) is 4.79 Å². The van der Waals surface area contributed by atoms with Crippen LogP contribution >= 0.6 is 0 Å². The molecular formula is C18H19FN2O5S. The number of carbonyl (C=O) groups is 1. The first-order chi connectivity index (χ1) is 12.9. The molecule has 144 valence electrons. The summed E-state index contributed by atoms with van der Waals surface area (Å²) in [4.78, 5) is 12.0. The minimum Gasteiger partial charge on any atom is -0.484 e. The van der Waals surface area contributed by atoms with Gasteiger partial charge in [-0.25, -0.2) is 12.8 Å². The SMILES string of the molecule is O=C(COc1ccc(S(=O)(=O)N2CCOCC2)cc1)Nc1cccc(F)c1. The number of benzene rings is 2. The summed E-state index contributed by atoms with van der Waals surface area (Å²) in [5, 5.41) is 2.51. The van der Waals surface area contributed by atoms with Gasteiger partial charge in [-0.05, 0) is 42.5 Å². The summed E-state index contributed by atoms with van der Waals surface area (Å²) in [7, 11) is -3.57. The smallest absolute Gasteiger partial charge is 0.262 e. The Bertz CT molecular complexity index is 896. The van der Waals surface area contributed by atoms with Crippen LogP contribution in [0.25, 0.3) is 0 Å². The molecule has 7 nitrogen and oxygen atoms in total. The van der Waals surface area contributed by atoms with Gasteiger partial charge < -0.3 is 14.8 Å². The number of halogens is 1. The van der Waals surface area contributed by atoms with E-state index >= 15 is 0 Å². The molecule has 9 heteroatoms. The van der Waals surface area contributed by atoms with E-state index in [0.29, 0.717) is 37.7 Å². The van der Waals surface area contributed by atoms with Crippen LogP contribution in [0, 0.1) is 5.82 Å². The highest BCUT2D eigenvalue weighted by Gasteiger charge is 2.26. The molecule has 1 N–H and O–H groups in total. The van der Waals surface area contributed by atoms with E-state index < -0.39 is 21.7 Å². The lowest BCUT2D eigenvalue weighted by atomic mass is 10.3. The molecule has 27 heavy (non-hydrogen) atoms. The van der Waals surface area contributed by atoms with Gasteiger partial charge in [-0.2, -0.15) is 4.31 Å². The summed E-state index contributed by atoms with van der Waals surface area (Å²) >= 11 is 0. The normalized spacial score (nSPS) is 15.3. The average molecular weight is 394 g/mol. The molecule has 1 fully saturated rings. The fourth-order valence-corrected chi connectivity index (χ4v) is 3.96. The first-order valence-electron chi connectivity index (χ1n) is 8.31. The van der Waals surface area contributed by atoms with E-state index in [0.717, 1.165) is 0 Å². The third-order valence-electron chi connectivity index (χ3n) is 3.91. The molecule has 0 aliphatic carbocycles. The Morgan fingerprint density at radius 2 is 1.85 bits per heavy atom. The standard InChI is InChI=1S/C18H19FN2O5S/c19-14-2-1-3-15(12-14)20-18(22)13-26-16-4-6-17(7-5-16)27(23,24)21-8-10-25-11-9-21/h1-7,12H,8-11,13H2,(H,20,22). The molecule has 1 heterocycles. The number of carbonyl (C=O) groups excluding carboxylic acids is 1. The second-order valence-electron chi connectivity index (χ2n) is 5.84. The molecule has 0 bridgehead atoms. The number of hydrogen-bond donors (Lipinski definition) is 1. The molecule has 0 spiro atoms. The number of nitrogens with zero attached hydrogens (tertiary/aromatic N) is 1. The van der Waals surface area contributed by atoms with Crippen molar-refractivity contribution in [3.63, 3.8) is 0 Å². The number of morpholine rings is 1. The number of anilines is 1. The van der Waals surface area contributed by atoms with Gasteiger partial charge in [0, 0.05) is 18.8 Å². The maximum Gasteiger partial charge on any atom is 0.262 e. The molecule has 0 aromatic heterocycles. The fourth-order valence-electron chi connectivity index (χ4n) is 2.56. The quantitative estimate of drug-likeness (QED) is 0.809. The second-order valence-corrected chi connectivity index (χ2v) is 7.77. The van der Waals surface area contributed by atoms with Crippen LogP contribution in [0.1, 0.15) is 0 Å². The zero-order valence-electron chi connectivity index (χ0n) is 14.4. The topological polar surface area (TPSA) is 84.9 Å². The van der Waals surface area contributed by atoms with E-state index in [1.807, 2.05) is 0 Å². The number of amides is 1. The molecule has 2 aromatic carbocycles. The summed E-state index contributed by atoms with van der Waals surface area (Å²) in [6, 6.07) is 11.4. The summed E-state index contributed by atoms with van der Waals surface area (Å²) in [6.45, 7) is 1.11. The molecule has 0 saturated carbocycles. The monoisotopic (exact) mass is 394 g/mol. The van der Waals surface area contributed by atoms with E-state index in [1.165, 1.54) is 46.8 Å². The van der Waals surface area contributed by atoms with Crippen LogP contribution < -0.4 is 10.1 Å². The number of nitrogens with one attached hydrogen (secondary N) is 1. The molecule has 2 aromatic rings. The fraction of sp³-hybridized carbons (Fsp3) is 0.278. The Hall–Kier alpha value is -2.49. The Labute approximate surface area is 156 Å². The summed E-state index contributed by atoms with van der Waals surface area (Å²) in [5.74, 6) is -0.554. The highest BCUT2D eigenvalue weighted by Crippen LogP contribution is 2.20. The van der Waals surface area contributed by atoms with Crippen molar-refractivity contribution in [1.29, 1.82) is 0 Å². The van der Waals surface area contributed by atoms with Crippen molar-refractivity contribution in [2.45, 2.75) is 4.90 Å². The summed E-state index contributed by atoms with van der Waals surface area (Å²) in [5.41, 5.74) is 0.329. The van der Waals surface area contributed by atoms with Crippen LogP contribution in [-0.2, 0) is 19.6 Å². The minimum atomic E-state index is -3.57. The highest BCUT2D eigenvalue weighted by molar-refractivity contribution is 7.89. The van der Waals surface area contributed by atoms with Crippen LogP contribution in [0.5, 0.6) is 5.75 Å². The van der Waals surface area contributed by atoms with Crippen molar-refractivity contribution in [3.05, 3.63) is 54.3 Å². The van der Waals surface area contributed by atoms with Crippen LogP contribution in [0.2, 0.25) is 0 Å². The van der Waals surface area contributed by atoms with Gasteiger partial charge in [0.25, 0.3) is 5.91 Å². The molecule has 0 radical (unpaired) electrons. The second kappa shape index (κ2) is 8.47. The van der Waals surface area contributed by atoms with Gasteiger partial charge in [0.05, 0.1) is 18.1 Å². The molecule has 1 aliphatic heterocycles. The first-order valence-corrected chi connectivity index (χ1v) is 9.75. The third kappa shape index (κ3) is 5.03. The third-order valence-corrected chi connectivity index (χ3v) is 5.82. The van der Waals surface area contributed by atoms with Crippen molar-refractivity contribution in [3.8, 4) is 5.75 Å². The van der Waals surface area contributed by atoms with Crippen molar-refractivity contribution in [2.24, 2.45) is 0 Å². The van der Waals surface area contributed by atoms with Gasteiger partial charge in [0.15, 0.2) is 6.61 Å². The minimum absolute atomic E-state index is 0.154. The lowest BCUT2D eigenvalue weighted by molar-refractivity contribution is -0.118. The highest BCUT2D eigenvalue weighted by atomic mass is 32.2. The number of sulfonamides is 1. The van der Waals surface area contributed by atoms with Crippen molar-refractivity contribution < 1.29 is 27.1 Å². The predicted molar refractivity (Wildman–Crippen MR) is 96.5 cm³/mol. The Kier molecular flexibility index (Phi) is 6.04. The number of rotatable bonds is 6. The van der Waals surface area contributed by atoms with Gasteiger partial charge in [-0.15, -0.1) is 0 Å². The largest absolute Gasteiger partial charge is 0.484 e. The maximum atomic E-state index is 13.1. The van der Waals surface area contributed by atoms with Crippen LogP contribution in [0.3, 0.4) is 0 Å². The molecule has 1 saturated heterocycles. The van der Waals surface area contributed by atoms with E-state index in [-0.39, 0.29) is 11.5 Å². The average Bonchev–Trinajstić information content (AvgIpc) is 2.67. The lowest BCUT2D eigenvalue weighted by Crippen LogP contribution is -2.40. The first kappa shape index (κ1) is 19.3. The van der Waals surface area contributed by atoms with Gasteiger partial charge >= 0.3 is 0 Å². The summed E-state index contributed by atoms with van der Waals surface area (Å²) < 4.78 is 50.0. The summed E-state index contributed by atoms with van der Waals surface area (Å²) in [6.07, 6.45) is 0. The van der Waals surface area contributed by atoms with E-state index in [4.69, 9.17) is 9.47 Å². The number of hydrogen-bond acceptors (Lipinski definition) is 5. The predicted octanol–water partition coefficient (Wildman–Crippen LogP) is 1.86. The van der Waals surface area contributed by atoms with Crippen LogP contribution in [0.4, 0.5) is 10.1 Å². The van der Waals surface area contributed by atoms with Crippen molar-refractivity contribution in [1.82, 2.24) is 4.31 Å². The molecule has 3 rings (SSSR count). The molecule has 1 aliphatic rings. The van der Waals surface area contributed by atoms with E-state index in [2.05, 4.69) is 5.32 Å². The van der Waals surface area contributed by atoms with E-state index in [1.54, 1.807) is 6.07 Å². The Morgan fingerprint density at radius 1 is 1.15 bits per heavy atom. The molecule has 0 unspecified atom stereocenters. The van der Waals surface area contributed by atoms with Crippen molar-refractivity contribution in [2.75, 3.05) is 38.2 Å². The van der Waals surface area contributed by atoms with Crippen LogP contribution in [-0.4, -0.2) is 51.5 Å². The van der Waals surface area contributed by atoms with Gasteiger partial charge in [-0.1, -0.05) is 6.07 Å². The van der Waals surface area contributed by atoms with E-state index in [9.17, 15) is 17.6 Å². The van der Waals surface area contributed by atoms with Gasteiger partial charge in [0.2, 0.25) is 10.0 Å². The zero-order chi connectivity index (χ0) is 19.3. The number of ether oxygens (including phenoxy) is 2. The van der Waals surface area contributed by atoms with Crippen LogP contribution in [0.15, 0.2) is 53.4 Å².